The third kappa shape index (κ3) is 3.74. The number of hydrogen-bond donors (Lipinski definition) is 2. The van der Waals surface area contributed by atoms with Crippen molar-refractivity contribution in [3.8, 4) is 0 Å². The normalized spacial score (nSPS) is 12.0. The van der Waals surface area contributed by atoms with Gasteiger partial charge in [-0.1, -0.05) is 6.92 Å². The molecule has 100 valence electrons. The summed E-state index contributed by atoms with van der Waals surface area (Å²) in [5.41, 5.74) is 2.68. The summed E-state index contributed by atoms with van der Waals surface area (Å²) in [6, 6.07) is 5.77. The molecule has 1 rings (SSSR count). The van der Waals surface area contributed by atoms with Crippen molar-refractivity contribution < 1.29 is 9.53 Å². The molecule has 1 amide bonds. The van der Waals surface area contributed by atoms with Gasteiger partial charge in [-0.25, -0.2) is 0 Å². The van der Waals surface area contributed by atoms with E-state index in [1.165, 1.54) is 0 Å². The van der Waals surface area contributed by atoms with E-state index in [0.717, 1.165) is 17.7 Å². The van der Waals surface area contributed by atoms with Crippen LogP contribution in [0.4, 0.5) is 5.69 Å². The molecule has 2 N–H and O–H groups in total. The van der Waals surface area contributed by atoms with Crippen LogP contribution in [0.2, 0.25) is 0 Å². The smallest absolute Gasteiger partial charge is 0.251 e. The van der Waals surface area contributed by atoms with Crippen LogP contribution >= 0.6 is 0 Å². The number of aryl methyl sites for hydroxylation is 1. The van der Waals surface area contributed by atoms with Gasteiger partial charge in [-0.15, -0.1) is 0 Å². The van der Waals surface area contributed by atoms with Crippen molar-refractivity contribution in [2.45, 2.75) is 26.3 Å². The predicted octanol–water partition coefficient (Wildman–Crippen LogP) is 2.19. The van der Waals surface area contributed by atoms with Gasteiger partial charge < -0.3 is 15.4 Å². The fourth-order valence-corrected chi connectivity index (χ4v) is 1.80. The van der Waals surface area contributed by atoms with Gasteiger partial charge in [0.15, 0.2) is 0 Å². The molecule has 1 aromatic carbocycles. The van der Waals surface area contributed by atoms with Crippen LogP contribution in [0.5, 0.6) is 0 Å². The lowest BCUT2D eigenvalue weighted by Crippen LogP contribution is -2.37. The van der Waals surface area contributed by atoms with E-state index in [0.29, 0.717) is 12.2 Å². The van der Waals surface area contributed by atoms with E-state index >= 15 is 0 Å². The van der Waals surface area contributed by atoms with Crippen molar-refractivity contribution >= 4 is 11.6 Å². The average Bonchev–Trinajstić information content (AvgIpc) is 2.37. The molecule has 1 aromatic rings. The first-order valence-electron chi connectivity index (χ1n) is 6.20. The number of ether oxygens (including phenoxy) is 1. The number of nitrogens with one attached hydrogen (secondary N) is 2. The summed E-state index contributed by atoms with van der Waals surface area (Å²) < 4.78 is 5.07. The molecule has 4 heteroatoms. The number of carbonyl (C=O) groups is 1. The Bertz CT molecular complexity index is 405. The molecule has 0 aliphatic carbocycles. The fourth-order valence-electron chi connectivity index (χ4n) is 1.80. The van der Waals surface area contributed by atoms with Gasteiger partial charge in [0.25, 0.3) is 5.91 Å². The van der Waals surface area contributed by atoms with E-state index in [-0.39, 0.29) is 11.9 Å². The molecule has 0 saturated carbocycles. The Hall–Kier alpha value is -1.55. The first-order valence-corrected chi connectivity index (χ1v) is 6.20. The highest BCUT2D eigenvalue weighted by molar-refractivity contribution is 5.96. The first kappa shape index (κ1) is 14.5. The van der Waals surface area contributed by atoms with Gasteiger partial charge in [0.05, 0.1) is 12.6 Å². The Balaban J connectivity index is 2.77. The van der Waals surface area contributed by atoms with Crippen LogP contribution in [0, 0.1) is 6.92 Å². The highest BCUT2D eigenvalue weighted by atomic mass is 16.5. The van der Waals surface area contributed by atoms with Crippen molar-refractivity contribution in [1.29, 1.82) is 0 Å². The Kier molecular flexibility index (Phi) is 5.65. The Morgan fingerprint density at radius 1 is 1.44 bits per heavy atom. The quantitative estimate of drug-likeness (QED) is 0.813. The van der Waals surface area contributed by atoms with E-state index in [4.69, 9.17) is 4.74 Å². The molecule has 1 atom stereocenters. The Morgan fingerprint density at radius 2 is 2.17 bits per heavy atom. The highest BCUT2D eigenvalue weighted by Gasteiger charge is 2.13. The summed E-state index contributed by atoms with van der Waals surface area (Å²) in [6.45, 7) is 4.50. The lowest BCUT2D eigenvalue weighted by molar-refractivity contribution is 0.0894. The van der Waals surface area contributed by atoms with Crippen molar-refractivity contribution in [3.05, 3.63) is 29.3 Å². The summed E-state index contributed by atoms with van der Waals surface area (Å²) in [4.78, 5) is 12.1. The predicted molar refractivity (Wildman–Crippen MR) is 74.1 cm³/mol. The molecule has 4 nitrogen and oxygen atoms in total. The number of methoxy groups -OCH3 is 1. The molecule has 0 bridgehead atoms. The molecule has 0 aromatic heterocycles. The monoisotopic (exact) mass is 250 g/mol. The highest BCUT2D eigenvalue weighted by Crippen LogP contribution is 2.14. The second-order valence-electron chi connectivity index (χ2n) is 4.31. The molecular weight excluding hydrogens is 228 g/mol. The molecule has 0 aliphatic heterocycles. The van der Waals surface area contributed by atoms with Crippen molar-refractivity contribution in [2.75, 3.05) is 26.1 Å². The largest absolute Gasteiger partial charge is 0.388 e. The van der Waals surface area contributed by atoms with E-state index in [1.807, 2.05) is 39.1 Å². The number of benzene rings is 1. The number of rotatable bonds is 6. The SMILES string of the molecule is CCC(COC)NC(=O)c1ccc(NC)cc1C. The van der Waals surface area contributed by atoms with Crippen LogP contribution < -0.4 is 10.6 Å². The summed E-state index contributed by atoms with van der Waals surface area (Å²) in [5.74, 6) is -0.0425. The van der Waals surface area contributed by atoms with Crippen LogP contribution in [-0.4, -0.2) is 32.7 Å². The fraction of sp³-hybridized carbons (Fsp3) is 0.500. The Morgan fingerprint density at radius 3 is 2.67 bits per heavy atom. The van der Waals surface area contributed by atoms with E-state index in [9.17, 15) is 4.79 Å². The maximum Gasteiger partial charge on any atom is 0.251 e. The van der Waals surface area contributed by atoms with E-state index < -0.39 is 0 Å². The number of carbonyl (C=O) groups excluding carboxylic acids is 1. The van der Waals surface area contributed by atoms with Crippen molar-refractivity contribution in [3.63, 3.8) is 0 Å². The number of anilines is 1. The van der Waals surface area contributed by atoms with Crippen LogP contribution in [0.1, 0.15) is 29.3 Å². The molecule has 0 saturated heterocycles. The molecule has 0 aliphatic rings. The third-order valence-electron chi connectivity index (χ3n) is 2.96. The van der Waals surface area contributed by atoms with Gasteiger partial charge in [0.2, 0.25) is 0 Å². The molecule has 0 heterocycles. The third-order valence-corrected chi connectivity index (χ3v) is 2.96. The van der Waals surface area contributed by atoms with Crippen LogP contribution in [0.25, 0.3) is 0 Å². The zero-order valence-electron chi connectivity index (χ0n) is 11.5. The minimum absolute atomic E-state index is 0.0425. The summed E-state index contributed by atoms with van der Waals surface area (Å²) >= 11 is 0. The molecule has 0 fully saturated rings. The topological polar surface area (TPSA) is 50.4 Å². The zero-order chi connectivity index (χ0) is 13.5. The van der Waals surface area contributed by atoms with Gasteiger partial charge >= 0.3 is 0 Å². The first-order chi connectivity index (χ1) is 8.62. The lowest BCUT2D eigenvalue weighted by Gasteiger charge is -2.17. The maximum atomic E-state index is 12.1. The molecule has 0 radical (unpaired) electrons. The van der Waals surface area contributed by atoms with Gasteiger partial charge in [0, 0.05) is 25.4 Å². The van der Waals surface area contributed by atoms with Crippen LogP contribution in [0.3, 0.4) is 0 Å². The lowest BCUT2D eigenvalue weighted by atomic mass is 10.1. The molecule has 1 unspecified atom stereocenters. The second kappa shape index (κ2) is 7.01. The average molecular weight is 250 g/mol. The Labute approximate surface area is 109 Å². The van der Waals surface area contributed by atoms with E-state index in [1.54, 1.807) is 7.11 Å². The van der Waals surface area contributed by atoms with E-state index in [2.05, 4.69) is 10.6 Å². The van der Waals surface area contributed by atoms with Gasteiger partial charge in [0.1, 0.15) is 0 Å². The maximum absolute atomic E-state index is 12.1. The zero-order valence-corrected chi connectivity index (χ0v) is 11.5. The van der Waals surface area contributed by atoms with Crippen molar-refractivity contribution in [2.24, 2.45) is 0 Å². The van der Waals surface area contributed by atoms with Gasteiger partial charge in [-0.05, 0) is 37.1 Å². The number of hydrogen-bond acceptors (Lipinski definition) is 3. The summed E-state index contributed by atoms with van der Waals surface area (Å²) in [7, 11) is 3.50. The van der Waals surface area contributed by atoms with Gasteiger partial charge in [-0.2, -0.15) is 0 Å². The minimum Gasteiger partial charge on any atom is -0.388 e. The second-order valence-corrected chi connectivity index (χ2v) is 4.31. The molecule has 18 heavy (non-hydrogen) atoms. The van der Waals surface area contributed by atoms with Crippen LogP contribution in [-0.2, 0) is 4.74 Å². The molecule has 0 spiro atoms. The van der Waals surface area contributed by atoms with Crippen molar-refractivity contribution in [1.82, 2.24) is 5.32 Å². The summed E-state index contributed by atoms with van der Waals surface area (Å²) in [5, 5.41) is 6.03. The van der Waals surface area contributed by atoms with Crippen LogP contribution in [0.15, 0.2) is 18.2 Å². The molecular formula is C14H22N2O2. The minimum atomic E-state index is -0.0425. The number of amides is 1. The standard InChI is InChI=1S/C14H22N2O2/c1-5-11(9-18-4)16-14(17)13-7-6-12(15-3)8-10(13)2/h6-8,11,15H,5,9H2,1-4H3,(H,16,17). The summed E-state index contributed by atoms with van der Waals surface area (Å²) in [6.07, 6.45) is 0.854. The van der Waals surface area contributed by atoms with Gasteiger partial charge in [-0.3, -0.25) is 4.79 Å².